The number of carbonyl (C=O) groups is 1. The summed E-state index contributed by atoms with van der Waals surface area (Å²) in [5.41, 5.74) is 8.11. The van der Waals surface area contributed by atoms with Gasteiger partial charge in [0.1, 0.15) is 0 Å². The lowest BCUT2D eigenvalue weighted by Gasteiger charge is -2.27. The number of rotatable bonds is 13. The Morgan fingerprint density at radius 3 is 1.91 bits per heavy atom. The van der Waals surface area contributed by atoms with Crippen molar-refractivity contribution < 1.29 is 9.90 Å². The first kappa shape index (κ1) is 29.1. The van der Waals surface area contributed by atoms with Crippen LogP contribution in [0.1, 0.15) is 113 Å². The Labute approximate surface area is 203 Å². The van der Waals surface area contributed by atoms with E-state index >= 15 is 0 Å². The van der Waals surface area contributed by atoms with E-state index < -0.39 is 5.60 Å². The number of hydrogen-bond donors (Lipinski definition) is 1. The van der Waals surface area contributed by atoms with Crippen molar-refractivity contribution in [2.24, 2.45) is 0 Å². The van der Waals surface area contributed by atoms with Gasteiger partial charge in [-0.15, -0.1) is 0 Å². The summed E-state index contributed by atoms with van der Waals surface area (Å²) < 4.78 is 0. The average molecular weight is 453 g/mol. The van der Waals surface area contributed by atoms with E-state index in [1.54, 1.807) is 0 Å². The molecule has 184 valence electrons. The molecular formula is C31H48O2. The van der Waals surface area contributed by atoms with Gasteiger partial charge in [-0.3, -0.25) is 4.79 Å². The van der Waals surface area contributed by atoms with Gasteiger partial charge in [-0.25, -0.2) is 0 Å². The van der Waals surface area contributed by atoms with E-state index in [4.69, 9.17) is 0 Å². The normalized spacial score (nSPS) is 18.4. The third-order valence-electron chi connectivity index (χ3n) is 7.22. The standard InChI is InChI=1S/C31H48O2/c1-10-22(2)14-11-15-23(3)16-12-17-24(4)18-13-20-31(9,33)21-19-29-26(6)25(5)27(7)30(32)28(29)8/h14,16,18,33H,6,10-13,15,17,19-21H2,1-5,7-9H3/b22-14+,23-16+,24-18+. The molecular weight excluding hydrogens is 404 g/mol. The highest BCUT2D eigenvalue weighted by atomic mass is 16.3. The molecule has 0 fully saturated rings. The quantitative estimate of drug-likeness (QED) is 0.283. The van der Waals surface area contributed by atoms with Crippen molar-refractivity contribution in [2.75, 3.05) is 0 Å². The molecule has 1 aliphatic rings. The second kappa shape index (κ2) is 13.7. The van der Waals surface area contributed by atoms with Crippen molar-refractivity contribution in [2.45, 2.75) is 119 Å². The topological polar surface area (TPSA) is 37.3 Å². The number of Topliss-reactive ketones (excluding diaryl/α,β-unsaturated/α-hetero) is 1. The molecule has 0 aromatic carbocycles. The monoisotopic (exact) mass is 452 g/mol. The molecule has 0 aromatic rings. The van der Waals surface area contributed by atoms with Crippen LogP contribution in [0, 0.1) is 0 Å². The van der Waals surface area contributed by atoms with Crippen LogP contribution in [-0.2, 0) is 4.79 Å². The van der Waals surface area contributed by atoms with Crippen LogP contribution < -0.4 is 0 Å². The molecule has 0 aliphatic heterocycles. The van der Waals surface area contributed by atoms with Crippen LogP contribution in [0.3, 0.4) is 0 Å². The molecule has 1 rings (SSSR count). The summed E-state index contributed by atoms with van der Waals surface area (Å²) in [7, 11) is 0. The van der Waals surface area contributed by atoms with Crippen molar-refractivity contribution >= 4 is 5.78 Å². The van der Waals surface area contributed by atoms with Crippen LogP contribution in [0.5, 0.6) is 0 Å². The zero-order valence-electron chi connectivity index (χ0n) is 22.7. The van der Waals surface area contributed by atoms with Gasteiger partial charge in [0.15, 0.2) is 5.78 Å². The lowest BCUT2D eigenvalue weighted by molar-refractivity contribution is -0.112. The second-order valence-electron chi connectivity index (χ2n) is 10.3. The number of carbonyl (C=O) groups excluding carboxylic acids is 1. The molecule has 0 saturated heterocycles. The highest BCUT2D eigenvalue weighted by molar-refractivity contribution is 6.11. The maximum absolute atomic E-state index is 12.4. The van der Waals surface area contributed by atoms with E-state index in [2.05, 4.69) is 52.5 Å². The first-order valence-electron chi connectivity index (χ1n) is 12.7. The van der Waals surface area contributed by atoms with E-state index in [1.807, 2.05) is 27.7 Å². The molecule has 0 spiro atoms. The van der Waals surface area contributed by atoms with E-state index in [-0.39, 0.29) is 5.78 Å². The Hall–Kier alpha value is -1.93. The maximum Gasteiger partial charge on any atom is 0.185 e. The van der Waals surface area contributed by atoms with Crippen LogP contribution in [0.15, 0.2) is 69.4 Å². The number of hydrogen-bond acceptors (Lipinski definition) is 2. The maximum atomic E-state index is 12.4. The predicted molar refractivity (Wildman–Crippen MR) is 144 cm³/mol. The van der Waals surface area contributed by atoms with E-state index in [9.17, 15) is 9.90 Å². The lowest BCUT2D eigenvalue weighted by atomic mass is 9.80. The SMILES string of the molecule is C=C1C(C)=C(C)C(=O)C(C)=C1CCC(C)(O)CC/C=C(\C)CC/C=C(\C)CC/C=C(\C)CC. The summed E-state index contributed by atoms with van der Waals surface area (Å²) in [6.07, 6.45) is 15.5. The molecule has 33 heavy (non-hydrogen) atoms. The highest BCUT2D eigenvalue weighted by Crippen LogP contribution is 2.35. The predicted octanol–water partition coefficient (Wildman–Crippen LogP) is 8.90. The fourth-order valence-corrected chi connectivity index (χ4v) is 4.20. The smallest absolute Gasteiger partial charge is 0.185 e. The minimum Gasteiger partial charge on any atom is -0.390 e. The fourth-order valence-electron chi connectivity index (χ4n) is 4.20. The highest BCUT2D eigenvalue weighted by Gasteiger charge is 2.26. The molecule has 0 radical (unpaired) electrons. The van der Waals surface area contributed by atoms with Crippen LogP contribution in [0.4, 0.5) is 0 Å². The number of allylic oxidation sites excluding steroid dienone is 11. The fraction of sp³-hybridized carbons (Fsp3) is 0.581. The van der Waals surface area contributed by atoms with Gasteiger partial charge in [0.05, 0.1) is 5.60 Å². The first-order chi connectivity index (χ1) is 15.4. The Morgan fingerprint density at radius 1 is 0.848 bits per heavy atom. The minimum absolute atomic E-state index is 0.116. The van der Waals surface area contributed by atoms with Crippen molar-refractivity contribution in [3.8, 4) is 0 Å². The first-order valence-corrected chi connectivity index (χ1v) is 12.7. The molecule has 0 aromatic heterocycles. The van der Waals surface area contributed by atoms with Gasteiger partial charge in [0.2, 0.25) is 0 Å². The molecule has 0 saturated carbocycles. The van der Waals surface area contributed by atoms with Crippen LogP contribution in [0.2, 0.25) is 0 Å². The zero-order chi connectivity index (χ0) is 25.2. The van der Waals surface area contributed by atoms with Gasteiger partial charge >= 0.3 is 0 Å². The van der Waals surface area contributed by atoms with Crippen molar-refractivity contribution in [3.63, 3.8) is 0 Å². The third kappa shape index (κ3) is 9.84. The van der Waals surface area contributed by atoms with Gasteiger partial charge in [-0.05, 0) is 123 Å². The largest absolute Gasteiger partial charge is 0.390 e. The zero-order valence-corrected chi connectivity index (χ0v) is 22.7. The van der Waals surface area contributed by atoms with Crippen molar-refractivity contribution in [1.82, 2.24) is 0 Å². The Morgan fingerprint density at radius 2 is 1.36 bits per heavy atom. The summed E-state index contributed by atoms with van der Waals surface area (Å²) in [4.78, 5) is 12.4. The molecule has 1 N–H and O–H groups in total. The summed E-state index contributed by atoms with van der Waals surface area (Å²) in [5.74, 6) is 0.116. The Bertz CT molecular complexity index is 869. The molecule has 1 unspecified atom stereocenters. The molecule has 0 heterocycles. The number of ketones is 1. The minimum atomic E-state index is -0.752. The molecule has 0 bridgehead atoms. The number of aliphatic hydroxyl groups is 1. The van der Waals surface area contributed by atoms with Crippen molar-refractivity contribution in [3.05, 3.63) is 69.4 Å². The van der Waals surface area contributed by atoms with Gasteiger partial charge in [-0.2, -0.15) is 0 Å². The Balaban J connectivity index is 2.47. The molecule has 1 atom stereocenters. The van der Waals surface area contributed by atoms with Crippen LogP contribution in [-0.4, -0.2) is 16.5 Å². The average Bonchev–Trinajstić information content (AvgIpc) is 2.76. The van der Waals surface area contributed by atoms with Gasteiger partial charge in [0, 0.05) is 11.1 Å². The van der Waals surface area contributed by atoms with Crippen LogP contribution in [0.25, 0.3) is 0 Å². The summed E-state index contributed by atoms with van der Waals surface area (Å²) >= 11 is 0. The van der Waals surface area contributed by atoms with Gasteiger partial charge in [-0.1, -0.05) is 48.5 Å². The van der Waals surface area contributed by atoms with E-state index in [0.29, 0.717) is 12.8 Å². The van der Waals surface area contributed by atoms with Crippen molar-refractivity contribution in [1.29, 1.82) is 0 Å². The van der Waals surface area contributed by atoms with E-state index in [1.165, 1.54) is 16.7 Å². The summed E-state index contributed by atoms with van der Waals surface area (Å²) in [6.45, 7) is 20.7. The Kier molecular flexibility index (Phi) is 12.1. The molecule has 2 nitrogen and oxygen atoms in total. The summed E-state index contributed by atoms with van der Waals surface area (Å²) in [5, 5.41) is 10.9. The van der Waals surface area contributed by atoms with E-state index in [0.717, 1.165) is 72.8 Å². The van der Waals surface area contributed by atoms with Gasteiger partial charge in [0.25, 0.3) is 0 Å². The third-order valence-corrected chi connectivity index (χ3v) is 7.22. The molecule has 1 aliphatic carbocycles. The lowest BCUT2D eigenvalue weighted by Crippen LogP contribution is -2.25. The second-order valence-corrected chi connectivity index (χ2v) is 10.3. The summed E-state index contributed by atoms with van der Waals surface area (Å²) in [6, 6.07) is 0. The molecule has 0 amide bonds. The van der Waals surface area contributed by atoms with Gasteiger partial charge < -0.3 is 5.11 Å². The van der Waals surface area contributed by atoms with Crippen LogP contribution >= 0.6 is 0 Å². The molecule has 2 heteroatoms.